The molecule has 3 aliphatic rings. The van der Waals surface area contributed by atoms with Crippen molar-refractivity contribution >= 4 is 40.7 Å². The number of amides is 1. The van der Waals surface area contributed by atoms with Gasteiger partial charge in [0.05, 0.1) is 18.1 Å². The molecule has 0 N–H and O–H groups in total. The number of carbonyl (C=O) groups excluding carboxylic acids is 1. The number of hydrogen-bond acceptors (Lipinski definition) is 6. The molecule has 0 atom stereocenters. The minimum Gasteiger partial charge on any atom is -0.378 e. The average molecular weight is 431 g/mol. The fourth-order valence-electron chi connectivity index (χ4n) is 4.44. The van der Waals surface area contributed by atoms with Gasteiger partial charge in [0.1, 0.15) is 11.4 Å². The first-order chi connectivity index (χ1) is 14.5. The quantitative estimate of drug-likeness (QED) is 0.314. The van der Waals surface area contributed by atoms with Crippen LogP contribution in [0.1, 0.15) is 37.7 Å². The SMILES string of the molecule is CN1C(=S)N(C2CCCCC2)C(=O)/C1=C/c1ccc(N2CCOCC2)c([N+](=O)[O-])c1. The van der Waals surface area contributed by atoms with Gasteiger partial charge in [0.15, 0.2) is 5.11 Å². The van der Waals surface area contributed by atoms with Crippen molar-refractivity contribution in [3.63, 3.8) is 0 Å². The first-order valence-electron chi connectivity index (χ1n) is 10.4. The topological polar surface area (TPSA) is 79.2 Å². The number of morpholine rings is 1. The summed E-state index contributed by atoms with van der Waals surface area (Å²) in [6.07, 6.45) is 7.04. The molecule has 0 bridgehead atoms. The molecule has 0 radical (unpaired) electrons. The minimum absolute atomic E-state index is 0.0334. The summed E-state index contributed by atoms with van der Waals surface area (Å²) < 4.78 is 5.35. The maximum absolute atomic E-state index is 13.1. The molecule has 1 aromatic rings. The van der Waals surface area contributed by atoms with Gasteiger partial charge < -0.3 is 14.5 Å². The summed E-state index contributed by atoms with van der Waals surface area (Å²) >= 11 is 5.55. The molecular formula is C21H26N4O4S. The molecule has 1 aromatic carbocycles. The van der Waals surface area contributed by atoms with Gasteiger partial charge in [-0.05, 0) is 42.8 Å². The molecule has 2 aliphatic heterocycles. The number of thiocarbonyl (C=S) groups is 1. The Hall–Kier alpha value is -2.52. The fourth-order valence-corrected chi connectivity index (χ4v) is 4.77. The fraction of sp³-hybridized carbons (Fsp3) is 0.524. The number of carbonyl (C=O) groups is 1. The second-order valence-corrected chi connectivity index (χ2v) is 8.31. The van der Waals surface area contributed by atoms with Crippen LogP contribution in [-0.2, 0) is 9.53 Å². The van der Waals surface area contributed by atoms with Crippen molar-refractivity contribution in [1.29, 1.82) is 0 Å². The summed E-state index contributed by atoms with van der Waals surface area (Å²) in [7, 11) is 1.78. The zero-order valence-corrected chi connectivity index (χ0v) is 17.9. The second kappa shape index (κ2) is 8.69. The first-order valence-corrected chi connectivity index (χ1v) is 10.8. The molecule has 0 unspecified atom stereocenters. The van der Waals surface area contributed by atoms with Crippen molar-refractivity contribution in [1.82, 2.24) is 9.80 Å². The molecule has 160 valence electrons. The maximum Gasteiger partial charge on any atom is 0.293 e. The Morgan fingerprint density at radius 1 is 1.20 bits per heavy atom. The van der Waals surface area contributed by atoms with Crippen molar-refractivity contribution in [3.05, 3.63) is 39.6 Å². The molecule has 2 heterocycles. The third-order valence-electron chi connectivity index (χ3n) is 6.08. The van der Waals surface area contributed by atoms with E-state index in [2.05, 4.69) is 0 Å². The van der Waals surface area contributed by atoms with Crippen LogP contribution in [0, 0.1) is 10.1 Å². The number of rotatable bonds is 4. The normalized spacial score (nSPS) is 22.3. The summed E-state index contributed by atoms with van der Waals surface area (Å²) in [5.74, 6) is -0.116. The van der Waals surface area contributed by atoms with Crippen LogP contribution in [0.4, 0.5) is 11.4 Å². The minimum atomic E-state index is -0.369. The summed E-state index contributed by atoms with van der Waals surface area (Å²) in [6.45, 7) is 2.34. The second-order valence-electron chi connectivity index (χ2n) is 7.94. The van der Waals surface area contributed by atoms with E-state index in [0.29, 0.717) is 48.4 Å². The number of nitrogens with zero attached hydrogens (tertiary/aromatic N) is 4. The Morgan fingerprint density at radius 3 is 2.57 bits per heavy atom. The molecule has 1 aliphatic carbocycles. The van der Waals surface area contributed by atoms with Gasteiger partial charge in [-0.15, -0.1) is 0 Å². The van der Waals surface area contributed by atoms with Crippen LogP contribution in [0.15, 0.2) is 23.9 Å². The number of benzene rings is 1. The van der Waals surface area contributed by atoms with Crippen molar-refractivity contribution in [2.24, 2.45) is 0 Å². The Bertz CT molecular complexity index is 891. The lowest BCUT2D eigenvalue weighted by Gasteiger charge is -2.30. The van der Waals surface area contributed by atoms with E-state index >= 15 is 0 Å². The van der Waals surface area contributed by atoms with Crippen molar-refractivity contribution in [2.45, 2.75) is 38.1 Å². The lowest BCUT2D eigenvalue weighted by Crippen LogP contribution is -2.41. The number of anilines is 1. The number of hydrogen-bond donors (Lipinski definition) is 0. The highest BCUT2D eigenvalue weighted by molar-refractivity contribution is 7.80. The Morgan fingerprint density at radius 2 is 1.90 bits per heavy atom. The summed E-state index contributed by atoms with van der Waals surface area (Å²) in [5.41, 5.74) is 1.68. The zero-order valence-electron chi connectivity index (χ0n) is 17.1. The van der Waals surface area contributed by atoms with E-state index in [1.807, 2.05) is 11.0 Å². The number of ether oxygens (including phenoxy) is 1. The van der Waals surface area contributed by atoms with E-state index in [0.717, 1.165) is 25.7 Å². The first kappa shape index (κ1) is 20.7. The molecule has 1 saturated carbocycles. The van der Waals surface area contributed by atoms with Crippen LogP contribution in [0.3, 0.4) is 0 Å². The molecule has 1 amide bonds. The maximum atomic E-state index is 13.1. The number of nitro groups is 1. The summed E-state index contributed by atoms with van der Waals surface area (Å²) in [5, 5.41) is 12.2. The molecular weight excluding hydrogens is 404 g/mol. The Kier molecular flexibility index (Phi) is 6.01. The monoisotopic (exact) mass is 430 g/mol. The van der Waals surface area contributed by atoms with Gasteiger partial charge in [0.2, 0.25) is 0 Å². The van der Waals surface area contributed by atoms with Crippen LogP contribution >= 0.6 is 12.2 Å². The van der Waals surface area contributed by atoms with E-state index in [1.165, 1.54) is 12.5 Å². The Balaban J connectivity index is 1.63. The number of likely N-dealkylation sites (N-methyl/N-ethyl adjacent to an activating group) is 1. The van der Waals surface area contributed by atoms with Gasteiger partial charge >= 0.3 is 0 Å². The summed E-state index contributed by atoms with van der Waals surface area (Å²) in [6, 6.07) is 5.25. The van der Waals surface area contributed by atoms with Gasteiger partial charge in [-0.25, -0.2) is 0 Å². The molecule has 4 rings (SSSR count). The lowest BCUT2D eigenvalue weighted by molar-refractivity contribution is -0.384. The van der Waals surface area contributed by atoms with Gasteiger partial charge in [-0.3, -0.25) is 19.8 Å². The lowest BCUT2D eigenvalue weighted by atomic mass is 9.94. The van der Waals surface area contributed by atoms with Crippen LogP contribution in [-0.4, -0.2) is 65.1 Å². The van der Waals surface area contributed by atoms with Crippen LogP contribution in [0.5, 0.6) is 0 Å². The largest absolute Gasteiger partial charge is 0.378 e. The van der Waals surface area contributed by atoms with Crippen molar-refractivity contribution < 1.29 is 14.5 Å². The highest BCUT2D eigenvalue weighted by Crippen LogP contribution is 2.33. The summed E-state index contributed by atoms with van der Waals surface area (Å²) in [4.78, 5) is 29.9. The highest BCUT2D eigenvalue weighted by Gasteiger charge is 2.40. The van der Waals surface area contributed by atoms with Crippen LogP contribution in [0.2, 0.25) is 0 Å². The Labute approximate surface area is 181 Å². The van der Waals surface area contributed by atoms with E-state index in [9.17, 15) is 14.9 Å². The molecule has 9 heteroatoms. The van der Waals surface area contributed by atoms with E-state index in [1.54, 1.807) is 29.0 Å². The molecule has 30 heavy (non-hydrogen) atoms. The van der Waals surface area contributed by atoms with Gasteiger partial charge in [0.25, 0.3) is 11.6 Å². The molecule has 2 saturated heterocycles. The van der Waals surface area contributed by atoms with E-state index in [-0.39, 0.29) is 22.6 Å². The van der Waals surface area contributed by atoms with E-state index < -0.39 is 0 Å². The van der Waals surface area contributed by atoms with Gasteiger partial charge in [-0.2, -0.15) is 0 Å². The van der Waals surface area contributed by atoms with Crippen molar-refractivity contribution in [3.8, 4) is 0 Å². The smallest absolute Gasteiger partial charge is 0.293 e. The molecule has 3 fully saturated rings. The van der Waals surface area contributed by atoms with Crippen molar-refractivity contribution in [2.75, 3.05) is 38.3 Å². The van der Waals surface area contributed by atoms with E-state index in [4.69, 9.17) is 17.0 Å². The highest BCUT2D eigenvalue weighted by atomic mass is 32.1. The molecule has 0 spiro atoms. The van der Waals surface area contributed by atoms with Crippen LogP contribution in [0.25, 0.3) is 6.08 Å². The average Bonchev–Trinajstić information content (AvgIpc) is 2.98. The molecule has 0 aromatic heterocycles. The zero-order chi connectivity index (χ0) is 21.3. The predicted molar refractivity (Wildman–Crippen MR) is 118 cm³/mol. The molecule has 8 nitrogen and oxygen atoms in total. The third kappa shape index (κ3) is 3.91. The van der Waals surface area contributed by atoms with Crippen LogP contribution < -0.4 is 4.90 Å². The third-order valence-corrected chi connectivity index (χ3v) is 6.55. The van der Waals surface area contributed by atoms with Gasteiger partial charge in [0, 0.05) is 32.2 Å². The standard InChI is InChI=1S/C21H26N4O4S/c1-22-19(20(26)24(21(22)30)16-5-3-2-4-6-16)14-15-7-8-17(18(13-15)25(27)28)23-9-11-29-12-10-23/h7-8,13-14,16H,2-6,9-12H2,1H3/b19-14-. The predicted octanol–water partition coefficient (Wildman–Crippen LogP) is 3.16. The van der Waals surface area contributed by atoms with Gasteiger partial charge in [-0.1, -0.05) is 25.3 Å². The number of nitro benzene ring substituents is 1.